The molecule has 20 heavy (non-hydrogen) atoms. The number of carbonyl (C=O) groups excluding carboxylic acids is 1. The van der Waals surface area contributed by atoms with Crippen molar-refractivity contribution in [3.05, 3.63) is 34.9 Å². The van der Waals surface area contributed by atoms with E-state index in [0.29, 0.717) is 16.9 Å². The van der Waals surface area contributed by atoms with Crippen molar-refractivity contribution in [2.24, 2.45) is 11.8 Å². The fraction of sp³-hybridized carbons (Fsp3) is 0.533. The normalized spacial score (nSPS) is 27.9. The highest BCUT2D eigenvalue weighted by Crippen LogP contribution is 2.44. The van der Waals surface area contributed by atoms with E-state index in [1.165, 1.54) is 0 Å². The van der Waals surface area contributed by atoms with Crippen LogP contribution in [0.5, 0.6) is 0 Å². The van der Waals surface area contributed by atoms with Crippen LogP contribution in [0, 0.1) is 11.8 Å². The number of nitrogens with one attached hydrogen (secondary N) is 2. The SMILES string of the molecule is CC(C)(NC(=O)NC1[C@H]2COC[C@@H]12)c1cccc(Cl)c1. The molecule has 3 rings (SSSR count). The summed E-state index contributed by atoms with van der Waals surface area (Å²) in [4.78, 5) is 12.1. The molecule has 1 saturated carbocycles. The topological polar surface area (TPSA) is 50.4 Å². The molecule has 0 spiro atoms. The van der Waals surface area contributed by atoms with E-state index < -0.39 is 5.54 Å². The Morgan fingerprint density at radius 1 is 1.35 bits per heavy atom. The predicted octanol–water partition coefficient (Wildman–Crippen LogP) is 2.52. The molecule has 3 atom stereocenters. The van der Waals surface area contributed by atoms with Gasteiger partial charge in [-0.05, 0) is 31.5 Å². The number of fused-ring (bicyclic) bond motifs is 1. The van der Waals surface area contributed by atoms with Crippen LogP contribution >= 0.6 is 11.6 Å². The lowest BCUT2D eigenvalue weighted by Crippen LogP contribution is -2.48. The minimum Gasteiger partial charge on any atom is -0.381 e. The standard InChI is InChI=1S/C15H19ClN2O2/c1-15(2,9-4-3-5-10(16)6-9)18-14(19)17-13-11-7-20-8-12(11)13/h3-6,11-13H,7-8H2,1-2H3,(H2,17,18,19)/t11-,12+,13?. The van der Waals surface area contributed by atoms with Crippen molar-refractivity contribution < 1.29 is 9.53 Å². The third kappa shape index (κ3) is 2.63. The second kappa shape index (κ2) is 4.93. The first kappa shape index (κ1) is 13.7. The Morgan fingerprint density at radius 2 is 2.05 bits per heavy atom. The highest BCUT2D eigenvalue weighted by Gasteiger charge is 2.54. The summed E-state index contributed by atoms with van der Waals surface area (Å²) < 4.78 is 5.32. The first-order valence-corrected chi connectivity index (χ1v) is 7.27. The lowest BCUT2D eigenvalue weighted by Gasteiger charge is -2.27. The number of urea groups is 1. The van der Waals surface area contributed by atoms with Crippen LogP contribution in [0.15, 0.2) is 24.3 Å². The van der Waals surface area contributed by atoms with Crippen molar-refractivity contribution in [2.45, 2.75) is 25.4 Å². The first-order chi connectivity index (χ1) is 9.47. The molecule has 2 N–H and O–H groups in total. The van der Waals surface area contributed by atoms with Gasteiger partial charge in [-0.15, -0.1) is 0 Å². The Kier molecular flexibility index (Phi) is 3.38. The largest absolute Gasteiger partial charge is 0.381 e. The Morgan fingerprint density at radius 3 is 2.70 bits per heavy atom. The molecule has 1 heterocycles. The van der Waals surface area contributed by atoms with Gasteiger partial charge in [-0.25, -0.2) is 4.79 Å². The van der Waals surface area contributed by atoms with E-state index in [2.05, 4.69) is 10.6 Å². The molecule has 2 fully saturated rings. The number of hydrogen-bond acceptors (Lipinski definition) is 2. The van der Waals surface area contributed by atoms with Gasteiger partial charge < -0.3 is 15.4 Å². The molecule has 1 aliphatic carbocycles. The maximum atomic E-state index is 12.1. The van der Waals surface area contributed by atoms with Gasteiger partial charge in [0.15, 0.2) is 0 Å². The summed E-state index contributed by atoms with van der Waals surface area (Å²) >= 11 is 6.00. The van der Waals surface area contributed by atoms with Gasteiger partial charge in [0.2, 0.25) is 0 Å². The molecular weight excluding hydrogens is 276 g/mol. The molecular formula is C15H19ClN2O2. The van der Waals surface area contributed by atoms with Crippen molar-refractivity contribution in [3.63, 3.8) is 0 Å². The Bertz CT molecular complexity index is 522. The van der Waals surface area contributed by atoms with Crippen molar-refractivity contribution in [1.82, 2.24) is 10.6 Å². The molecule has 2 aliphatic rings. The second-order valence-corrected chi connectivity index (χ2v) is 6.56. The fourth-order valence-corrected chi connectivity index (χ4v) is 3.06. The van der Waals surface area contributed by atoms with E-state index in [-0.39, 0.29) is 12.1 Å². The van der Waals surface area contributed by atoms with Gasteiger partial charge in [0, 0.05) is 22.9 Å². The molecule has 1 unspecified atom stereocenters. The zero-order chi connectivity index (χ0) is 14.3. The predicted molar refractivity (Wildman–Crippen MR) is 77.7 cm³/mol. The van der Waals surface area contributed by atoms with E-state index in [1.54, 1.807) is 0 Å². The highest BCUT2D eigenvalue weighted by atomic mass is 35.5. The summed E-state index contributed by atoms with van der Waals surface area (Å²) in [7, 11) is 0. The third-order valence-corrected chi connectivity index (χ3v) is 4.46. The van der Waals surface area contributed by atoms with Crippen molar-refractivity contribution >= 4 is 17.6 Å². The van der Waals surface area contributed by atoms with Gasteiger partial charge in [-0.1, -0.05) is 23.7 Å². The van der Waals surface area contributed by atoms with Crippen molar-refractivity contribution in [3.8, 4) is 0 Å². The molecule has 0 bridgehead atoms. The van der Waals surface area contributed by atoms with Crippen LogP contribution in [0.3, 0.4) is 0 Å². The van der Waals surface area contributed by atoms with Gasteiger partial charge in [0.25, 0.3) is 0 Å². The molecule has 1 saturated heterocycles. The summed E-state index contributed by atoms with van der Waals surface area (Å²) in [6, 6.07) is 7.70. The van der Waals surface area contributed by atoms with E-state index >= 15 is 0 Å². The smallest absolute Gasteiger partial charge is 0.315 e. The quantitative estimate of drug-likeness (QED) is 0.900. The second-order valence-electron chi connectivity index (χ2n) is 6.12. The molecule has 5 heteroatoms. The molecule has 2 amide bonds. The van der Waals surface area contributed by atoms with Crippen molar-refractivity contribution in [1.29, 1.82) is 0 Å². The molecule has 1 aliphatic heterocycles. The Balaban J connectivity index is 1.60. The van der Waals surface area contributed by atoms with E-state index in [9.17, 15) is 4.79 Å². The average molecular weight is 295 g/mol. The lowest BCUT2D eigenvalue weighted by atomic mass is 9.94. The van der Waals surface area contributed by atoms with Crippen LogP contribution in [-0.4, -0.2) is 25.3 Å². The maximum Gasteiger partial charge on any atom is 0.315 e. The molecule has 0 radical (unpaired) electrons. The zero-order valence-electron chi connectivity index (χ0n) is 11.7. The van der Waals surface area contributed by atoms with Crippen LogP contribution in [0.4, 0.5) is 4.79 Å². The van der Waals surface area contributed by atoms with E-state index in [4.69, 9.17) is 16.3 Å². The Labute approximate surface area is 123 Å². The van der Waals surface area contributed by atoms with Gasteiger partial charge in [-0.2, -0.15) is 0 Å². The number of amides is 2. The number of hydrogen-bond donors (Lipinski definition) is 2. The monoisotopic (exact) mass is 294 g/mol. The van der Waals surface area contributed by atoms with Crippen LogP contribution in [0.25, 0.3) is 0 Å². The average Bonchev–Trinajstić information content (AvgIpc) is 2.83. The molecule has 0 aromatic heterocycles. The van der Waals surface area contributed by atoms with Gasteiger partial charge >= 0.3 is 6.03 Å². The highest BCUT2D eigenvalue weighted by molar-refractivity contribution is 6.30. The van der Waals surface area contributed by atoms with Gasteiger partial charge in [0.05, 0.1) is 18.8 Å². The van der Waals surface area contributed by atoms with E-state index in [1.807, 2.05) is 38.1 Å². The maximum absolute atomic E-state index is 12.1. The lowest BCUT2D eigenvalue weighted by molar-refractivity contribution is 0.155. The number of halogens is 1. The van der Waals surface area contributed by atoms with Gasteiger partial charge in [-0.3, -0.25) is 0 Å². The molecule has 108 valence electrons. The summed E-state index contributed by atoms with van der Waals surface area (Å²) in [5.41, 5.74) is 0.523. The van der Waals surface area contributed by atoms with Crippen LogP contribution in [-0.2, 0) is 10.3 Å². The zero-order valence-corrected chi connectivity index (χ0v) is 12.4. The van der Waals surface area contributed by atoms with Crippen LogP contribution in [0.2, 0.25) is 5.02 Å². The number of rotatable bonds is 3. The number of ether oxygens (including phenoxy) is 1. The summed E-state index contributed by atoms with van der Waals surface area (Å²) in [5, 5.41) is 6.72. The Hall–Kier alpha value is -1.26. The third-order valence-electron chi connectivity index (χ3n) is 4.22. The minimum atomic E-state index is -0.463. The summed E-state index contributed by atoms with van der Waals surface area (Å²) in [5.74, 6) is 1.02. The first-order valence-electron chi connectivity index (χ1n) is 6.90. The molecule has 4 nitrogen and oxygen atoms in total. The van der Waals surface area contributed by atoms with Crippen LogP contribution < -0.4 is 10.6 Å². The number of carbonyl (C=O) groups is 1. The molecule has 1 aromatic carbocycles. The molecule has 1 aromatic rings. The fourth-order valence-electron chi connectivity index (χ4n) is 2.87. The minimum absolute atomic E-state index is 0.130. The summed E-state index contributed by atoms with van der Waals surface area (Å²) in [6.07, 6.45) is 0. The van der Waals surface area contributed by atoms with Gasteiger partial charge in [0.1, 0.15) is 0 Å². The van der Waals surface area contributed by atoms with Crippen molar-refractivity contribution in [2.75, 3.05) is 13.2 Å². The van der Waals surface area contributed by atoms with E-state index in [0.717, 1.165) is 18.8 Å². The number of benzene rings is 1. The summed E-state index contributed by atoms with van der Waals surface area (Å²) in [6.45, 7) is 5.48. The van der Waals surface area contributed by atoms with Crippen LogP contribution in [0.1, 0.15) is 19.4 Å².